The second-order valence-corrected chi connectivity index (χ2v) is 6.16. The molecular formula is C19H18FN3O. The topological polar surface area (TPSA) is 46.9 Å². The third-order valence-corrected chi connectivity index (χ3v) is 4.33. The summed E-state index contributed by atoms with van der Waals surface area (Å²) in [5.41, 5.74) is 2.46. The Morgan fingerprint density at radius 1 is 1.17 bits per heavy atom. The van der Waals surface area contributed by atoms with E-state index < -0.39 is 0 Å². The highest BCUT2D eigenvalue weighted by atomic mass is 19.1. The van der Waals surface area contributed by atoms with E-state index in [1.165, 1.54) is 6.07 Å². The summed E-state index contributed by atoms with van der Waals surface area (Å²) in [5.74, 6) is 0.313. The zero-order valence-corrected chi connectivity index (χ0v) is 13.2. The number of benzene rings is 2. The Bertz CT molecular complexity index is 899. The number of nitrogens with zero attached hydrogens (tertiary/aromatic N) is 2. The van der Waals surface area contributed by atoms with Crippen molar-refractivity contribution in [3.63, 3.8) is 0 Å². The van der Waals surface area contributed by atoms with Crippen LogP contribution in [0, 0.1) is 5.82 Å². The highest BCUT2D eigenvalue weighted by molar-refractivity contribution is 5.79. The molecular weight excluding hydrogens is 305 g/mol. The molecule has 1 aromatic heterocycles. The van der Waals surface area contributed by atoms with Crippen LogP contribution in [0.1, 0.15) is 30.3 Å². The van der Waals surface area contributed by atoms with E-state index in [1.807, 2.05) is 18.2 Å². The van der Waals surface area contributed by atoms with Crippen LogP contribution in [-0.4, -0.2) is 15.5 Å². The quantitative estimate of drug-likeness (QED) is 0.782. The van der Waals surface area contributed by atoms with Crippen LogP contribution < -0.4 is 5.32 Å². The highest BCUT2D eigenvalue weighted by Crippen LogP contribution is 2.38. The van der Waals surface area contributed by atoms with Crippen LogP contribution in [0.5, 0.6) is 0 Å². The number of carbonyl (C=O) groups is 1. The molecule has 4 rings (SSSR count). The summed E-state index contributed by atoms with van der Waals surface area (Å²) in [6.07, 6.45) is 2.34. The van der Waals surface area contributed by atoms with Gasteiger partial charge in [-0.05, 0) is 36.6 Å². The molecule has 24 heavy (non-hydrogen) atoms. The minimum atomic E-state index is -0.349. The van der Waals surface area contributed by atoms with Crippen molar-refractivity contribution in [2.24, 2.45) is 0 Å². The van der Waals surface area contributed by atoms with Gasteiger partial charge in [0, 0.05) is 6.04 Å². The maximum atomic E-state index is 13.6. The number of imidazole rings is 1. The number of para-hydroxylation sites is 2. The lowest BCUT2D eigenvalue weighted by molar-refractivity contribution is -0.120. The normalized spacial score (nSPS) is 14.0. The van der Waals surface area contributed by atoms with E-state index in [9.17, 15) is 9.18 Å². The molecule has 1 aliphatic carbocycles. The maximum Gasteiger partial charge on any atom is 0.224 e. The smallest absolute Gasteiger partial charge is 0.224 e. The molecule has 1 heterocycles. The Labute approximate surface area is 139 Å². The molecule has 2 aromatic carbocycles. The molecule has 0 spiro atoms. The monoisotopic (exact) mass is 323 g/mol. The Balaban J connectivity index is 1.50. The number of aromatic nitrogens is 2. The number of nitrogens with one attached hydrogen (secondary N) is 1. The fourth-order valence-corrected chi connectivity index (χ4v) is 3.01. The predicted octanol–water partition coefficient (Wildman–Crippen LogP) is 3.37. The second kappa shape index (κ2) is 6.07. The first-order valence-electron chi connectivity index (χ1n) is 8.18. The molecule has 1 fully saturated rings. The molecule has 0 atom stereocenters. The summed E-state index contributed by atoms with van der Waals surface area (Å²) < 4.78 is 15.9. The number of rotatable bonds is 5. The number of hydrogen-bond acceptors (Lipinski definition) is 2. The maximum absolute atomic E-state index is 13.6. The van der Waals surface area contributed by atoms with Crippen LogP contribution in [-0.2, 0) is 17.8 Å². The Hall–Kier alpha value is -2.69. The van der Waals surface area contributed by atoms with Gasteiger partial charge >= 0.3 is 0 Å². The molecule has 3 aromatic rings. The number of amides is 1. The minimum Gasteiger partial charge on any atom is -0.349 e. The molecule has 0 bridgehead atoms. The van der Waals surface area contributed by atoms with Crippen molar-refractivity contribution in [3.05, 3.63) is 65.7 Å². The molecule has 1 N–H and O–H groups in total. The van der Waals surface area contributed by atoms with E-state index >= 15 is 0 Å². The van der Waals surface area contributed by atoms with Crippen LogP contribution in [0.2, 0.25) is 0 Å². The SMILES string of the molecule is O=C(Cc1ccccc1F)NCc1nc2ccccc2n1C1CC1. The van der Waals surface area contributed by atoms with Gasteiger partial charge in [-0.2, -0.15) is 0 Å². The summed E-state index contributed by atoms with van der Waals surface area (Å²) in [7, 11) is 0. The molecule has 1 amide bonds. The third-order valence-electron chi connectivity index (χ3n) is 4.33. The van der Waals surface area contributed by atoms with Gasteiger partial charge < -0.3 is 9.88 Å². The zero-order chi connectivity index (χ0) is 16.5. The Morgan fingerprint density at radius 2 is 1.92 bits per heavy atom. The highest BCUT2D eigenvalue weighted by Gasteiger charge is 2.28. The van der Waals surface area contributed by atoms with Gasteiger partial charge in [-0.3, -0.25) is 4.79 Å². The average Bonchev–Trinajstić information content (AvgIpc) is 3.35. The molecule has 122 valence electrons. The van der Waals surface area contributed by atoms with Gasteiger partial charge in [-0.25, -0.2) is 9.37 Å². The standard InChI is InChI=1S/C19H18FN3O/c20-15-6-2-1-5-13(15)11-19(24)21-12-18-22-16-7-3-4-8-17(16)23(18)14-9-10-14/h1-8,14H,9-12H2,(H,21,24). The zero-order valence-electron chi connectivity index (χ0n) is 13.2. The van der Waals surface area contributed by atoms with E-state index in [2.05, 4.69) is 20.9 Å². The van der Waals surface area contributed by atoms with Gasteiger partial charge in [0.25, 0.3) is 0 Å². The molecule has 0 radical (unpaired) electrons. The summed E-state index contributed by atoms with van der Waals surface area (Å²) in [6.45, 7) is 0.360. The first-order valence-corrected chi connectivity index (χ1v) is 8.18. The van der Waals surface area contributed by atoms with Crippen LogP contribution in [0.25, 0.3) is 11.0 Å². The van der Waals surface area contributed by atoms with Crippen molar-refractivity contribution < 1.29 is 9.18 Å². The van der Waals surface area contributed by atoms with E-state index in [-0.39, 0.29) is 18.1 Å². The number of carbonyl (C=O) groups excluding carboxylic acids is 1. The van der Waals surface area contributed by atoms with Gasteiger partial charge in [-0.15, -0.1) is 0 Å². The summed E-state index contributed by atoms with van der Waals surface area (Å²) in [6, 6.07) is 14.9. The number of halogens is 1. The van der Waals surface area contributed by atoms with E-state index in [1.54, 1.807) is 18.2 Å². The van der Waals surface area contributed by atoms with Crippen LogP contribution >= 0.6 is 0 Å². The Kier molecular flexibility index (Phi) is 3.76. The first-order chi connectivity index (χ1) is 11.7. The first kappa shape index (κ1) is 14.9. The molecule has 1 aliphatic rings. The Morgan fingerprint density at radius 3 is 2.71 bits per heavy atom. The fraction of sp³-hybridized carbons (Fsp3) is 0.263. The lowest BCUT2D eigenvalue weighted by Gasteiger charge is -2.09. The van der Waals surface area contributed by atoms with Gasteiger partial charge in [-0.1, -0.05) is 30.3 Å². The molecule has 1 saturated carbocycles. The third kappa shape index (κ3) is 2.89. The van der Waals surface area contributed by atoms with Crippen molar-refractivity contribution in [3.8, 4) is 0 Å². The lowest BCUT2D eigenvalue weighted by atomic mass is 10.1. The van der Waals surface area contributed by atoms with Gasteiger partial charge in [0.1, 0.15) is 11.6 Å². The van der Waals surface area contributed by atoms with Crippen molar-refractivity contribution in [2.45, 2.75) is 31.8 Å². The van der Waals surface area contributed by atoms with Gasteiger partial charge in [0.2, 0.25) is 5.91 Å². The lowest BCUT2D eigenvalue weighted by Crippen LogP contribution is -2.26. The molecule has 0 saturated heterocycles. The summed E-state index contributed by atoms with van der Waals surface area (Å²) in [4.78, 5) is 16.8. The number of hydrogen-bond donors (Lipinski definition) is 1. The van der Waals surface area contributed by atoms with Crippen molar-refractivity contribution in [2.75, 3.05) is 0 Å². The molecule has 0 aliphatic heterocycles. The largest absolute Gasteiger partial charge is 0.349 e. The van der Waals surface area contributed by atoms with Gasteiger partial charge in [0.05, 0.1) is 24.0 Å². The van der Waals surface area contributed by atoms with Crippen LogP contribution in [0.4, 0.5) is 4.39 Å². The summed E-state index contributed by atoms with van der Waals surface area (Å²) in [5, 5.41) is 2.87. The summed E-state index contributed by atoms with van der Waals surface area (Å²) >= 11 is 0. The van der Waals surface area contributed by atoms with Crippen molar-refractivity contribution in [1.29, 1.82) is 0 Å². The van der Waals surface area contributed by atoms with Crippen molar-refractivity contribution in [1.82, 2.24) is 14.9 Å². The van der Waals surface area contributed by atoms with Crippen LogP contribution in [0.3, 0.4) is 0 Å². The average molecular weight is 323 g/mol. The molecule has 5 heteroatoms. The predicted molar refractivity (Wildman–Crippen MR) is 90.0 cm³/mol. The number of fused-ring (bicyclic) bond motifs is 1. The fourth-order valence-electron chi connectivity index (χ4n) is 3.01. The van der Waals surface area contributed by atoms with Crippen molar-refractivity contribution >= 4 is 16.9 Å². The van der Waals surface area contributed by atoms with Gasteiger partial charge in [0.15, 0.2) is 0 Å². The molecule has 0 unspecified atom stereocenters. The van der Waals surface area contributed by atoms with E-state index in [0.717, 1.165) is 29.7 Å². The van der Waals surface area contributed by atoms with E-state index in [0.29, 0.717) is 18.2 Å². The minimum absolute atomic E-state index is 0.0380. The second-order valence-electron chi connectivity index (χ2n) is 6.16. The molecule has 4 nitrogen and oxygen atoms in total. The van der Waals surface area contributed by atoms with Crippen LogP contribution in [0.15, 0.2) is 48.5 Å². The van der Waals surface area contributed by atoms with E-state index in [4.69, 9.17) is 0 Å².